The van der Waals surface area contributed by atoms with Gasteiger partial charge in [0, 0.05) is 44.1 Å². The van der Waals surface area contributed by atoms with Crippen LogP contribution in [0.3, 0.4) is 0 Å². The van der Waals surface area contributed by atoms with Gasteiger partial charge in [0.15, 0.2) is 11.7 Å². The highest BCUT2D eigenvalue weighted by atomic mass is 16.2. The van der Waals surface area contributed by atoms with E-state index < -0.39 is 23.3 Å². The second kappa shape index (κ2) is 8.98. The van der Waals surface area contributed by atoms with Gasteiger partial charge >= 0.3 is 0 Å². The van der Waals surface area contributed by atoms with Crippen LogP contribution in [0, 0.1) is 5.92 Å². The number of hydrogen-bond donors (Lipinski definition) is 2. The zero-order chi connectivity index (χ0) is 22.8. The van der Waals surface area contributed by atoms with Gasteiger partial charge in [-0.2, -0.15) is 0 Å². The fourth-order valence-electron chi connectivity index (χ4n) is 5.29. The summed E-state index contributed by atoms with van der Waals surface area (Å²) in [7, 11) is 0. The number of likely N-dealkylation sites (tertiary alicyclic amines) is 1. The highest BCUT2D eigenvalue weighted by Gasteiger charge is 2.57. The smallest absolute Gasteiger partial charge is 0.244 e. The van der Waals surface area contributed by atoms with E-state index in [1.807, 2.05) is 54.6 Å². The maximum atomic E-state index is 13.3. The number of benzene rings is 2. The molecule has 3 aliphatic rings. The molecule has 3 heterocycles. The lowest BCUT2D eigenvalue weighted by Gasteiger charge is -2.28. The highest BCUT2D eigenvalue weighted by molar-refractivity contribution is 6.28. The summed E-state index contributed by atoms with van der Waals surface area (Å²) in [6, 6.07) is 17.7. The number of ketones is 1. The molecule has 0 radical (unpaired) electrons. The monoisotopic (exact) mass is 446 g/mol. The van der Waals surface area contributed by atoms with E-state index in [9.17, 15) is 14.4 Å². The van der Waals surface area contributed by atoms with E-state index in [0.29, 0.717) is 31.7 Å². The zero-order valence-corrected chi connectivity index (χ0v) is 18.8. The summed E-state index contributed by atoms with van der Waals surface area (Å²) in [6.45, 7) is 3.94. The first-order valence-corrected chi connectivity index (χ1v) is 11.8. The van der Waals surface area contributed by atoms with Crippen molar-refractivity contribution in [2.75, 3.05) is 36.4 Å². The minimum atomic E-state index is -1.30. The number of nitrogens with zero attached hydrogens (tertiary/aromatic N) is 2. The average Bonchev–Trinajstić information content (AvgIpc) is 3.34. The van der Waals surface area contributed by atoms with Crippen LogP contribution < -0.4 is 15.5 Å². The van der Waals surface area contributed by atoms with Crippen molar-refractivity contribution in [1.82, 2.24) is 10.2 Å². The van der Waals surface area contributed by atoms with Crippen LogP contribution >= 0.6 is 0 Å². The molecule has 0 bridgehead atoms. The van der Waals surface area contributed by atoms with Crippen molar-refractivity contribution >= 4 is 29.0 Å². The van der Waals surface area contributed by atoms with E-state index in [0.717, 1.165) is 24.3 Å². The zero-order valence-electron chi connectivity index (χ0n) is 18.8. The molecule has 5 rings (SSSR count). The summed E-state index contributed by atoms with van der Waals surface area (Å²) in [5.74, 6) is -2.67. The lowest BCUT2D eigenvalue weighted by atomic mass is 9.89. The molecule has 0 aromatic heterocycles. The van der Waals surface area contributed by atoms with Gasteiger partial charge in [0.2, 0.25) is 11.8 Å². The SMILES string of the molecule is O=C(Nc1ccc(N2CCCCC2)cc1)C1C(=O)NC2(CCN(Cc3ccccc3)C2)C1=O. The predicted molar refractivity (Wildman–Crippen MR) is 127 cm³/mol. The second-order valence-corrected chi connectivity index (χ2v) is 9.40. The number of carbonyl (C=O) groups excluding carboxylic acids is 3. The summed E-state index contributed by atoms with van der Waals surface area (Å²) in [5, 5.41) is 5.65. The molecule has 0 saturated carbocycles. The van der Waals surface area contributed by atoms with Crippen molar-refractivity contribution in [3.8, 4) is 0 Å². The lowest BCUT2D eigenvalue weighted by Crippen LogP contribution is -2.49. The maximum absolute atomic E-state index is 13.3. The van der Waals surface area contributed by atoms with E-state index in [1.54, 1.807) is 0 Å². The molecule has 2 N–H and O–H groups in total. The maximum Gasteiger partial charge on any atom is 0.244 e. The van der Waals surface area contributed by atoms with Crippen molar-refractivity contribution in [3.05, 3.63) is 60.2 Å². The predicted octanol–water partition coefficient (Wildman–Crippen LogP) is 2.58. The number of hydrogen-bond acceptors (Lipinski definition) is 5. The van der Waals surface area contributed by atoms with Crippen LogP contribution in [-0.4, -0.2) is 54.2 Å². The Balaban J connectivity index is 1.22. The van der Waals surface area contributed by atoms with Crippen molar-refractivity contribution < 1.29 is 14.4 Å². The topological polar surface area (TPSA) is 81.8 Å². The van der Waals surface area contributed by atoms with Gasteiger partial charge in [0.1, 0.15) is 5.54 Å². The van der Waals surface area contributed by atoms with Crippen LogP contribution in [0.15, 0.2) is 54.6 Å². The van der Waals surface area contributed by atoms with Gasteiger partial charge in [0.25, 0.3) is 0 Å². The first-order chi connectivity index (χ1) is 16.0. The molecule has 2 atom stereocenters. The van der Waals surface area contributed by atoms with Gasteiger partial charge in [-0.05, 0) is 55.5 Å². The Hall–Kier alpha value is -3.19. The van der Waals surface area contributed by atoms with Crippen molar-refractivity contribution in [1.29, 1.82) is 0 Å². The van der Waals surface area contributed by atoms with Gasteiger partial charge in [-0.15, -0.1) is 0 Å². The van der Waals surface area contributed by atoms with E-state index in [1.165, 1.54) is 19.3 Å². The lowest BCUT2D eigenvalue weighted by molar-refractivity contribution is -0.135. The highest BCUT2D eigenvalue weighted by Crippen LogP contribution is 2.32. The van der Waals surface area contributed by atoms with E-state index in [-0.39, 0.29) is 5.78 Å². The molecule has 3 fully saturated rings. The summed E-state index contributed by atoms with van der Waals surface area (Å²) >= 11 is 0. The quantitative estimate of drug-likeness (QED) is 0.690. The summed E-state index contributed by atoms with van der Waals surface area (Å²) in [4.78, 5) is 43.4. The van der Waals surface area contributed by atoms with Crippen LogP contribution in [0.1, 0.15) is 31.2 Å². The molecule has 2 amide bonds. The van der Waals surface area contributed by atoms with E-state index in [2.05, 4.69) is 20.4 Å². The third-order valence-electron chi connectivity index (χ3n) is 7.07. The Morgan fingerprint density at radius 3 is 2.42 bits per heavy atom. The summed E-state index contributed by atoms with van der Waals surface area (Å²) in [6.07, 6.45) is 4.19. The molecule has 2 aromatic rings. The standard InChI is InChI=1S/C26H30N4O3/c31-23-22(24(32)27-20-9-11-21(12-10-20)30-14-5-2-6-15-30)25(33)28-26(23)13-16-29(18-26)17-19-7-3-1-4-8-19/h1,3-4,7-12,22H,2,5-6,13-18H2,(H,27,32)(H,28,33). The molecule has 7 nitrogen and oxygen atoms in total. The average molecular weight is 447 g/mol. The fraction of sp³-hybridized carbons (Fsp3) is 0.423. The normalized spacial score (nSPS) is 25.5. The number of anilines is 2. The van der Waals surface area contributed by atoms with Crippen LogP contribution in [0.4, 0.5) is 11.4 Å². The van der Waals surface area contributed by atoms with E-state index >= 15 is 0 Å². The Bertz CT molecular complexity index is 1030. The molecule has 7 heteroatoms. The number of rotatable bonds is 5. The third kappa shape index (κ3) is 4.37. The number of carbonyl (C=O) groups is 3. The number of nitrogens with one attached hydrogen (secondary N) is 2. The van der Waals surface area contributed by atoms with Gasteiger partial charge in [-0.1, -0.05) is 30.3 Å². The first-order valence-electron chi connectivity index (χ1n) is 11.8. The molecular formula is C26H30N4O3. The second-order valence-electron chi connectivity index (χ2n) is 9.40. The Morgan fingerprint density at radius 1 is 0.970 bits per heavy atom. The van der Waals surface area contributed by atoms with Gasteiger partial charge in [0.05, 0.1) is 0 Å². The molecule has 33 heavy (non-hydrogen) atoms. The Labute approximate surface area is 194 Å². The minimum absolute atomic E-state index is 0.314. The molecular weight excluding hydrogens is 416 g/mol. The Morgan fingerprint density at radius 2 is 1.70 bits per heavy atom. The molecule has 3 aliphatic heterocycles. The molecule has 1 spiro atoms. The molecule has 2 aromatic carbocycles. The number of piperidine rings is 1. The largest absolute Gasteiger partial charge is 0.372 e. The van der Waals surface area contributed by atoms with Gasteiger partial charge < -0.3 is 15.5 Å². The van der Waals surface area contributed by atoms with Gasteiger partial charge in [-0.25, -0.2) is 0 Å². The summed E-state index contributed by atoms with van der Waals surface area (Å²) in [5.41, 5.74) is 1.92. The van der Waals surface area contributed by atoms with Crippen molar-refractivity contribution in [3.63, 3.8) is 0 Å². The van der Waals surface area contributed by atoms with Crippen LogP contribution in [0.25, 0.3) is 0 Å². The number of Topliss-reactive ketones (excluding diaryl/α,β-unsaturated/α-hetero) is 1. The number of amides is 2. The minimum Gasteiger partial charge on any atom is -0.372 e. The molecule has 0 aliphatic carbocycles. The fourth-order valence-corrected chi connectivity index (χ4v) is 5.29. The van der Waals surface area contributed by atoms with Gasteiger partial charge in [-0.3, -0.25) is 19.3 Å². The van der Waals surface area contributed by atoms with Crippen molar-refractivity contribution in [2.24, 2.45) is 5.92 Å². The molecule has 3 saturated heterocycles. The molecule has 2 unspecified atom stereocenters. The van der Waals surface area contributed by atoms with Crippen LogP contribution in [0.5, 0.6) is 0 Å². The van der Waals surface area contributed by atoms with E-state index in [4.69, 9.17) is 0 Å². The molecule has 172 valence electrons. The van der Waals surface area contributed by atoms with Crippen LogP contribution in [0.2, 0.25) is 0 Å². The van der Waals surface area contributed by atoms with Crippen LogP contribution in [-0.2, 0) is 20.9 Å². The summed E-state index contributed by atoms with van der Waals surface area (Å²) < 4.78 is 0. The third-order valence-corrected chi connectivity index (χ3v) is 7.07. The Kier molecular flexibility index (Phi) is 5.89. The van der Waals surface area contributed by atoms with Crippen molar-refractivity contribution in [2.45, 2.75) is 37.8 Å². The first kappa shape index (κ1) is 21.6.